The predicted molar refractivity (Wildman–Crippen MR) is 103 cm³/mol. The Morgan fingerprint density at radius 3 is 2.30 bits per heavy atom. The maximum Gasteiger partial charge on any atom is 0.253 e. The van der Waals surface area contributed by atoms with Gasteiger partial charge in [-0.15, -0.1) is 0 Å². The quantitative estimate of drug-likeness (QED) is 0.714. The van der Waals surface area contributed by atoms with Crippen molar-refractivity contribution in [3.05, 3.63) is 71.4 Å². The number of carbonyl (C=O) groups is 1. The minimum atomic E-state index is 0.103. The summed E-state index contributed by atoms with van der Waals surface area (Å²) in [5, 5.41) is 4.02. The maximum absolute atomic E-state index is 12.8. The van der Waals surface area contributed by atoms with E-state index in [1.165, 1.54) is 0 Å². The van der Waals surface area contributed by atoms with Crippen molar-refractivity contribution in [2.24, 2.45) is 0 Å². The molecule has 0 spiro atoms. The Hall–Kier alpha value is -2.86. The lowest BCUT2D eigenvalue weighted by Gasteiger charge is -2.34. The van der Waals surface area contributed by atoms with Crippen molar-refractivity contribution in [3.63, 3.8) is 0 Å². The van der Waals surface area contributed by atoms with Crippen LogP contribution in [0.5, 0.6) is 0 Å². The van der Waals surface area contributed by atoms with E-state index in [0.717, 1.165) is 61.0 Å². The molecule has 3 aromatic rings. The lowest BCUT2D eigenvalue weighted by molar-refractivity contribution is 0.0627. The van der Waals surface area contributed by atoms with Gasteiger partial charge >= 0.3 is 0 Å². The van der Waals surface area contributed by atoms with Crippen molar-refractivity contribution in [2.75, 3.05) is 26.2 Å². The maximum atomic E-state index is 12.8. The SMILES string of the molecule is Cc1noc(C)c1CN1CCN(C(=O)c2ccc(-n3cccc3)cc2)CC1. The Balaban J connectivity index is 1.36. The van der Waals surface area contributed by atoms with Crippen molar-refractivity contribution in [1.29, 1.82) is 0 Å². The van der Waals surface area contributed by atoms with Crippen LogP contribution < -0.4 is 0 Å². The van der Waals surface area contributed by atoms with Crippen LogP contribution in [0.15, 0.2) is 53.3 Å². The van der Waals surface area contributed by atoms with E-state index in [1.54, 1.807) is 0 Å². The molecule has 6 nitrogen and oxygen atoms in total. The molecule has 0 atom stereocenters. The molecule has 0 N–H and O–H groups in total. The van der Waals surface area contributed by atoms with Crippen molar-refractivity contribution in [2.45, 2.75) is 20.4 Å². The predicted octanol–water partition coefficient (Wildman–Crippen LogP) is 3.04. The molecule has 0 unspecified atom stereocenters. The van der Waals surface area contributed by atoms with Gasteiger partial charge in [-0.3, -0.25) is 9.69 Å². The molecule has 1 fully saturated rings. The average molecular weight is 364 g/mol. The third kappa shape index (κ3) is 3.66. The second-order valence-electron chi connectivity index (χ2n) is 7.01. The zero-order chi connectivity index (χ0) is 18.8. The highest BCUT2D eigenvalue weighted by atomic mass is 16.5. The first-order valence-corrected chi connectivity index (χ1v) is 9.28. The zero-order valence-electron chi connectivity index (χ0n) is 15.8. The van der Waals surface area contributed by atoms with E-state index >= 15 is 0 Å². The van der Waals surface area contributed by atoms with E-state index in [0.29, 0.717) is 0 Å². The van der Waals surface area contributed by atoms with Crippen molar-refractivity contribution >= 4 is 5.91 Å². The Morgan fingerprint density at radius 2 is 1.70 bits per heavy atom. The molecule has 1 aromatic carbocycles. The van der Waals surface area contributed by atoms with Gasteiger partial charge in [-0.2, -0.15) is 0 Å². The zero-order valence-corrected chi connectivity index (χ0v) is 15.8. The second kappa shape index (κ2) is 7.40. The van der Waals surface area contributed by atoms with Gasteiger partial charge in [0.2, 0.25) is 0 Å². The number of aromatic nitrogens is 2. The average Bonchev–Trinajstić information content (AvgIpc) is 3.34. The summed E-state index contributed by atoms with van der Waals surface area (Å²) in [5.41, 5.74) is 3.91. The first-order valence-electron chi connectivity index (χ1n) is 9.28. The number of piperazine rings is 1. The number of hydrogen-bond acceptors (Lipinski definition) is 4. The van der Waals surface area contributed by atoms with Gasteiger partial charge in [-0.25, -0.2) is 0 Å². The molecule has 3 heterocycles. The van der Waals surface area contributed by atoms with Crippen LogP contribution in [0.25, 0.3) is 5.69 Å². The number of rotatable bonds is 4. The summed E-state index contributed by atoms with van der Waals surface area (Å²) in [7, 11) is 0. The number of amides is 1. The van der Waals surface area contributed by atoms with Gasteiger partial charge in [0.25, 0.3) is 5.91 Å². The molecule has 140 valence electrons. The Labute approximate surface area is 159 Å². The van der Waals surface area contributed by atoms with Crippen molar-refractivity contribution in [3.8, 4) is 5.69 Å². The second-order valence-corrected chi connectivity index (χ2v) is 7.01. The molecule has 0 bridgehead atoms. The molecular formula is C21H24N4O2. The molecule has 1 saturated heterocycles. The normalized spacial score (nSPS) is 15.3. The largest absolute Gasteiger partial charge is 0.361 e. The van der Waals surface area contributed by atoms with Gasteiger partial charge in [0.05, 0.1) is 5.69 Å². The lowest BCUT2D eigenvalue weighted by Crippen LogP contribution is -2.48. The van der Waals surface area contributed by atoms with Crippen LogP contribution in [-0.4, -0.2) is 51.6 Å². The van der Waals surface area contributed by atoms with Crippen LogP contribution >= 0.6 is 0 Å². The summed E-state index contributed by atoms with van der Waals surface area (Å²) < 4.78 is 7.28. The summed E-state index contributed by atoms with van der Waals surface area (Å²) in [6, 6.07) is 11.8. The number of nitrogens with zero attached hydrogens (tertiary/aromatic N) is 4. The molecule has 0 aliphatic carbocycles. The third-order valence-electron chi connectivity index (χ3n) is 5.24. The molecule has 6 heteroatoms. The molecule has 1 amide bonds. The van der Waals surface area contributed by atoms with Crippen molar-refractivity contribution in [1.82, 2.24) is 19.5 Å². The van der Waals surface area contributed by atoms with Gasteiger partial charge in [0.1, 0.15) is 5.76 Å². The highest BCUT2D eigenvalue weighted by molar-refractivity contribution is 5.94. The summed E-state index contributed by atoms with van der Waals surface area (Å²) in [6.07, 6.45) is 3.99. The number of hydrogen-bond donors (Lipinski definition) is 0. The van der Waals surface area contributed by atoms with E-state index in [1.807, 2.05) is 72.1 Å². The van der Waals surface area contributed by atoms with Crippen LogP contribution in [0, 0.1) is 13.8 Å². The summed E-state index contributed by atoms with van der Waals surface area (Å²) in [6.45, 7) is 7.95. The Morgan fingerprint density at radius 1 is 1.04 bits per heavy atom. The summed E-state index contributed by atoms with van der Waals surface area (Å²) >= 11 is 0. The van der Waals surface area contributed by atoms with E-state index in [2.05, 4.69) is 10.1 Å². The Kier molecular flexibility index (Phi) is 4.81. The molecule has 4 rings (SSSR count). The standard InChI is InChI=1S/C21H24N4O2/c1-16-20(17(2)27-22-16)15-23-11-13-25(14-12-23)21(26)18-5-7-19(8-6-18)24-9-3-4-10-24/h3-10H,11-15H2,1-2H3. The van der Waals surface area contributed by atoms with Gasteiger partial charge in [0.15, 0.2) is 0 Å². The summed E-state index contributed by atoms with van der Waals surface area (Å²) in [4.78, 5) is 17.1. The van der Waals surface area contributed by atoms with E-state index < -0.39 is 0 Å². The molecule has 2 aromatic heterocycles. The van der Waals surface area contributed by atoms with E-state index in [4.69, 9.17) is 4.52 Å². The number of benzene rings is 1. The van der Waals surface area contributed by atoms with Gasteiger partial charge in [-0.05, 0) is 50.2 Å². The van der Waals surface area contributed by atoms with Crippen LogP contribution in [-0.2, 0) is 6.54 Å². The molecule has 27 heavy (non-hydrogen) atoms. The minimum absolute atomic E-state index is 0.103. The molecule has 1 aliphatic rings. The molecule has 0 saturated carbocycles. The monoisotopic (exact) mass is 364 g/mol. The smallest absolute Gasteiger partial charge is 0.253 e. The first-order chi connectivity index (χ1) is 13.1. The molecular weight excluding hydrogens is 340 g/mol. The van der Waals surface area contributed by atoms with E-state index in [9.17, 15) is 4.79 Å². The summed E-state index contributed by atoms with van der Waals surface area (Å²) in [5.74, 6) is 0.986. The minimum Gasteiger partial charge on any atom is -0.361 e. The molecule has 0 radical (unpaired) electrons. The van der Waals surface area contributed by atoms with Crippen LogP contribution in [0.1, 0.15) is 27.4 Å². The number of aryl methyl sites for hydroxylation is 2. The molecule has 1 aliphatic heterocycles. The van der Waals surface area contributed by atoms with Gasteiger partial charge in [-0.1, -0.05) is 5.16 Å². The van der Waals surface area contributed by atoms with Gasteiger partial charge < -0.3 is 14.0 Å². The highest BCUT2D eigenvalue weighted by Gasteiger charge is 2.23. The van der Waals surface area contributed by atoms with Crippen molar-refractivity contribution < 1.29 is 9.32 Å². The first kappa shape index (κ1) is 17.5. The fraction of sp³-hybridized carbons (Fsp3) is 0.333. The topological polar surface area (TPSA) is 54.5 Å². The third-order valence-corrected chi connectivity index (χ3v) is 5.24. The fourth-order valence-electron chi connectivity index (χ4n) is 3.53. The van der Waals surface area contributed by atoms with Crippen LogP contribution in [0.3, 0.4) is 0 Å². The van der Waals surface area contributed by atoms with E-state index in [-0.39, 0.29) is 5.91 Å². The lowest BCUT2D eigenvalue weighted by atomic mass is 10.1. The highest BCUT2D eigenvalue weighted by Crippen LogP contribution is 2.17. The Bertz CT molecular complexity index is 885. The number of carbonyl (C=O) groups excluding carboxylic acids is 1. The van der Waals surface area contributed by atoms with Gasteiger partial charge in [0, 0.05) is 61.9 Å². The van der Waals surface area contributed by atoms with Crippen LogP contribution in [0.4, 0.5) is 0 Å². The van der Waals surface area contributed by atoms with Crippen LogP contribution in [0.2, 0.25) is 0 Å². The fourth-order valence-corrected chi connectivity index (χ4v) is 3.53.